The Morgan fingerprint density at radius 2 is 1.12 bits per heavy atom. The van der Waals surface area contributed by atoms with Crippen molar-refractivity contribution in [2.75, 3.05) is 0 Å². The van der Waals surface area contributed by atoms with Crippen molar-refractivity contribution in [1.82, 2.24) is 0 Å². The molecule has 16 heavy (non-hydrogen) atoms. The molecule has 1 radical (unpaired) electrons. The Morgan fingerprint density at radius 1 is 0.750 bits per heavy atom. The standard InChI is InChI=1S/C12H24O.C3H7/c1-2-3-4-5-6-7-8-9-10-11-12-13;1-3-2/h12H,2-11H2,1H3;3H,1-2H3. The first kappa shape index (κ1) is 18.0. The first-order valence-corrected chi connectivity index (χ1v) is 7.01. The van der Waals surface area contributed by atoms with Gasteiger partial charge in [0, 0.05) is 6.42 Å². The molecule has 0 aliphatic heterocycles. The van der Waals surface area contributed by atoms with Gasteiger partial charge < -0.3 is 4.79 Å². The summed E-state index contributed by atoms with van der Waals surface area (Å²) in [6.07, 6.45) is 15.7. The van der Waals surface area contributed by atoms with E-state index in [9.17, 15) is 4.79 Å². The van der Waals surface area contributed by atoms with E-state index in [0.29, 0.717) is 0 Å². The Labute approximate surface area is 103 Å². The summed E-state index contributed by atoms with van der Waals surface area (Å²) in [6, 6.07) is 0. The average Bonchev–Trinajstić information content (AvgIpc) is 2.28. The highest BCUT2D eigenvalue weighted by molar-refractivity contribution is 5.48. The van der Waals surface area contributed by atoms with Crippen LogP contribution in [-0.4, -0.2) is 6.29 Å². The topological polar surface area (TPSA) is 17.1 Å². The van der Waals surface area contributed by atoms with Crippen molar-refractivity contribution in [3.05, 3.63) is 6.42 Å². The molecule has 1 heteroatoms. The van der Waals surface area contributed by atoms with E-state index in [2.05, 4.69) is 6.92 Å². The molecule has 0 unspecified atom stereocenters. The summed E-state index contributed by atoms with van der Waals surface area (Å²) in [5, 5.41) is 0. The maximum absolute atomic E-state index is 10.0. The Hall–Kier alpha value is -0.330. The summed E-state index contributed by atoms with van der Waals surface area (Å²) in [5.41, 5.74) is 0. The summed E-state index contributed by atoms with van der Waals surface area (Å²) < 4.78 is 0. The molecule has 97 valence electrons. The molecule has 0 aromatic heterocycles. The van der Waals surface area contributed by atoms with E-state index in [4.69, 9.17) is 0 Å². The van der Waals surface area contributed by atoms with Crippen LogP contribution in [0.2, 0.25) is 0 Å². The smallest absolute Gasteiger partial charge is 0.119 e. The molecule has 0 aromatic rings. The maximum Gasteiger partial charge on any atom is 0.119 e. The monoisotopic (exact) mass is 227 g/mol. The first-order chi connectivity index (χ1) is 7.83. The third kappa shape index (κ3) is 23.5. The molecule has 0 saturated carbocycles. The lowest BCUT2D eigenvalue weighted by molar-refractivity contribution is -0.107. The molecular formula is C15H31O. The van der Waals surface area contributed by atoms with Crippen LogP contribution in [0.3, 0.4) is 0 Å². The first-order valence-electron chi connectivity index (χ1n) is 7.01. The third-order valence-electron chi connectivity index (χ3n) is 2.43. The fourth-order valence-corrected chi connectivity index (χ4v) is 1.54. The number of rotatable bonds is 10. The van der Waals surface area contributed by atoms with Crippen LogP contribution in [0.15, 0.2) is 0 Å². The van der Waals surface area contributed by atoms with Crippen molar-refractivity contribution >= 4 is 6.29 Å². The molecular weight excluding hydrogens is 196 g/mol. The van der Waals surface area contributed by atoms with Gasteiger partial charge in [0.1, 0.15) is 6.29 Å². The van der Waals surface area contributed by atoms with Gasteiger partial charge in [0.25, 0.3) is 0 Å². The Morgan fingerprint density at radius 3 is 1.50 bits per heavy atom. The predicted octanol–water partition coefficient (Wildman–Crippen LogP) is 5.34. The second-order valence-electron chi connectivity index (χ2n) is 4.36. The highest BCUT2D eigenvalue weighted by atomic mass is 16.1. The molecule has 0 heterocycles. The Kier molecular flexibility index (Phi) is 22.7. The zero-order valence-corrected chi connectivity index (χ0v) is 11.6. The second-order valence-corrected chi connectivity index (χ2v) is 4.36. The van der Waals surface area contributed by atoms with Gasteiger partial charge in [-0.15, -0.1) is 0 Å². The van der Waals surface area contributed by atoms with E-state index < -0.39 is 0 Å². The largest absolute Gasteiger partial charge is 0.303 e. The molecule has 0 saturated heterocycles. The molecule has 0 atom stereocenters. The van der Waals surface area contributed by atoms with Gasteiger partial charge in [0.05, 0.1) is 0 Å². The molecule has 0 spiro atoms. The number of aldehydes is 1. The molecule has 0 rings (SSSR count). The summed E-state index contributed by atoms with van der Waals surface area (Å²) in [7, 11) is 0. The van der Waals surface area contributed by atoms with Gasteiger partial charge in [-0.2, -0.15) is 0 Å². The fraction of sp³-hybridized carbons (Fsp3) is 0.867. The Bertz CT molecular complexity index is 110. The summed E-state index contributed by atoms with van der Waals surface area (Å²) >= 11 is 0. The van der Waals surface area contributed by atoms with E-state index in [0.717, 1.165) is 19.1 Å². The fourth-order valence-electron chi connectivity index (χ4n) is 1.54. The van der Waals surface area contributed by atoms with Gasteiger partial charge in [-0.1, -0.05) is 72.1 Å². The van der Waals surface area contributed by atoms with Crippen molar-refractivity contribution in [2.45, 2.75) is 85.0 Å². The van der Waals surface area contributed by atoms with Crippen LogP contribution in [0, 0.1) is 6.42 Å². The number of unbranched alkanes of at least 4 members (excludes halogenated alkanes) is 9. The minimum absolute atomic E-state index is 0.760. The molecule has 0 fully saturated rings. The van der Waals surface area contributed by atoms with Crippen molar-refractivity contribution in [3.63, 3.8) is 0 Å². The highest BCUT2D eigenvalue weighted by Crippen LogP contribution is 2.09. The molecule has 0 amide bonds. The van der Waals surface area contributed by atoms with E-state index in [-0.39, 0.29) is 0 Å². The van der Waals surface area contributed by atoms with E-state index in [1.807, 2.05) is 20.3 Å². The number of hydrogen-bond acceptors (Lipinski definition) is 1. The quantitative estimate of drug-likeness (QED) is 0.364. The molecule has 0 aliphatic rings. The van der Waals surface area contributed by atoms with Crippen LogP contribution in [-0.2, 0) is 4.79 Å². The van der Waals surface area contributed by atoms with Crippen LogP contribution < -0.4 is 0 Å². The van der Waals surface area contributed by atoms with Crippen LogP contribution >= 0.6 is 0 Å². The van der Waals surface area contributed by atoms with Gasteiger partial charge in [0.2, 0.25) is 0 Å². The molecule has 0 N–H and O–H groups in total. The van der Waals surface area contributed by atoms with Crippen LogP contribution in [0.25, 0.3) is 0 Å². The molecule has 0 aromatic carbocycles. The third-order valence-corrected chi connectivity index (χ3v) is 2.43. The number of hydrogen-bond donors (Lipinski definition) is 0. The van der Waals surface area contributed by atoms with E-state index in [1.165, 1.54) is 51.4 Å². The van der Waals surface area contributed by atoms with E-state index in [1.54, 1.807) is 0 Å². The van der Waals surface area contributed by atoms with Crippen molar-refractivity contribution < 1.29 is 4.79 Å². The minimum Gasteiger partial charge on any atom is -0.303 e. The lowest BCUT2D eigenvalue weighted by Gasteiger charge is -1.99. The van der Waals surface area contributed by atoms with Gasteiger partial charge in [-0.25, -0.2) is 0 Å². The molecule has 1 nitrogen and oxygen atoms in total. The van der Waals surface area contributed by atoms with Crippen molar-refractivity contribution in [3.8, 4) is 0 Å². The van der Waals surface area contributed by atoms with Crippen LogP contribution in [0.1, 0.15) is 85.0 Å². The number of carbonyl (C=O) groups is 1. The van der Waals surface area contributed by atoms with Crippen molar-refractivity contribution in [1.29, 1.82) is 0 Å². The summed E-state index contributed by atoms with van der Waals surface area (Å²) in [4.78, 5) is 10.0. The number of carbonyl (C=O) groups excluding carboxylic acids is 1. The average molecular weight is 227 g/mol. The van der Waals surface area contributed by atoms with Gasteiger partial charge in [-0.3, -0.25) is 0 Å². The van der Waals surface area contributed by atoms with Gasteiger partial charge in [0.15, 0.2) is 0 Å². The van der Waals surface area contributed by atoms with E-state index >= 15 is 0 Å². The SMILES string of the molecule is CCCCCCCCCCCC=O.C[CH]C. The molecule has 0 bridgehead atoms. The van der Waals surface area contributed by atoms with Crippen LogP contribution in [0.4, 0.5) is 0 Å². The summed E-state index contributed by atoms with van der Waals surface area (Å²) in [6.45, 7) is 6.25. The zero-order valence-electron chi connectivity index (χ0n) is 11.6. The second kappa shape index (κ2) is 20.1. The van der Waals surface area contributed by atoms with Gasteiger partial charge in [-0.05, 0) is 12.8 Å². The predicted molar refractivity (Wildman–Crippen MR) is 73.6 cm³/mol. The molecule has 0 aliphatic carbocycles. The Balaban J connectivity index is 0. The van der Waals surface area contributed by atoms with Crippen molar-refractivity contribution in [2.24, 2.45) is 0 Å². The lowest BCUT2D eigenvalue weighted by atomic mass is 10.1. The zero-order chi connectivity index (χ0) is 12.5. The lowest BCUT2D eigenvalue weighted by Crippen LogP contribution is -1.81. The van der Waals surface area contributed by atoms with Gasteiger partial charge >= 0.3 is 0 Å². The minimum atomic E-state index is 0.760. The van der Waals surface area contributed by atoms with Crippen LogP contribution in [0.5, 0.6) is 0 Å². The normalized spacial score (nSPS) is 9.44. The maximum atomic E-state index is 10.0. The summed E-state index contributed by atoms with van der Waals surface area (Å²) in [5.74, 6) is 0. The highest BCUT2D eigenvalue weighted by Gasteiger charge is 1.91.